The number of nitrogens with zero attached hydrogens (tertiary/aromatic N) is 3. The van der Waals surface area contributed by atoms with Crippen LogP contribution >= 0.6 is 0 Å². The summed E-state index contributed by atoms with van der Waals surface area (Å²) in [5.74, 6) is 6.46. The van der Waals surface area contributed by atoms with Gasteiger partial charge in [0.15, 0.2) is 5.82 Å². The minimum absolute atomic E-state index is 0.315. The van der Waals surface area contributed by atoms with E-state index in [1.54, 1.807) is 18.9 Å². The lowest BCUT2D eigenvalue weighted by Gasteiger charge is -2.24. The molecule has 1 aromatic heterocycles. The third-order valence-corrected chi connectivity index (χ3v) is 5.20. The maximum Gasteiger partial charge on any atom is 0.308 e. The van der Waals surface area contributed by atoms with Crippen LogP contribution in [0.4, 0.5) is 23.0 Å². The van der Waals surface area contributed by atoms with Crippen LogP contribution in [0.5, 0.6) is 0 Å². The van der Waals surface area contributed by atoms with Crippen molar-refractivity contribution < 1.29 is 9.53 Å². The van der Waals surface area contributed by atoms with Gasteiger partial charge in [-0.3, -0.25) is 9.69 Å². The predicted octanol–water partition coefficient (Wildman–Crippen LogP) is 4.65. The van der Waals surface area contributed by atoms with E-state index in [4.69, 9.17) is 4.74 Å². The average Bonchev–Trinajstić information content (AvgIpc) is 3.57. The zero-order valence-electron chi connectivity index (χ0n) is 18.1. The number of ether oxygens (including phenoxy) is 1. The first-order valence-electron chi connectivity index (χ1n) is 10.1. The number of aryl methyl sites for hydroxylation is 2. The van der Waals surface area contributed by atoms with E-state index < -0.39 is 0 Å². The lowest BCUT2D eigenvalue weighted by molar-refractivity contribution is -0.112. The second kappa shape index (κ2) is 9.55. The molecule has 1 amide bonds. The molecule has 0 bridgehead atoms. The predicted molar refractivity (Wildman–Crippen MR) is 122 cm³/mol. The van der Waals surface area contributed by atoms with Crippen LogP contribution in [0.15, 0.2) is 29.3 Å². The van der Waals surface area contributed by atoms with E-state index in [9.17, 15) is 4.79 Å². The highest BCUT2D eigenvalue weighted by molar-refractivity contribution is 6.11. The first kappa shape index (κ1) is 21.5. The molecule has 0 radical (unpaired) electrons. The van der Waals surface area contributed by atoms with Gasteiger partial charge in [0.1, 0.15) is 5.82 Å². The number of nitrogens with one attached hydrogen (secondary N) is 1. The van der Waals surface area contributed by atoms with Crippen LogP contribution in [0.25, 0.3) is 0 Å². The van der Waals surface area contributed by atoms with Crippen LogP contribution in [-0.4, -0.2) is 37.9 Å². The fourth-order valence-electron chi connectivity index (χ4n) is 3.35. The van der Waals surface area contributed by atoms with Crippen LogP contribution in [0, 0.1) is 25.7 Å². The Balaban J connectivity index is 2.10. The molecule has 30 heavy (non-hydrogen) atoms. The Bertz CT molecular complexity index is 1020. The molecule has 1 N–H and O–H groups in total. The Morgan fingerprint density at radius 3 is 2.70 bits per heavy atom. The Hall–Kier alpha value is -3.17. The number of aliphatic imine (C=N–C) groups is 1. The topological polar surface area (TPSA) is 66.8 Å². The number of amides is 1. The fourth-order valence-corrected chi connectivity index (χ4v) is 3.35. The smallest absolute Gasteiger partial charge is 0.308 e. The van der Waals surface area contributed by atoms with Gasteiger partial charge < -0.3 is 10.1 Å². The van der Waals surface area contributed by atoms with Gasteiger partial charge >= 0.3 is 5.91 Å². The summed E-state index contributed by atoms with van der Waals surface area (Å²) in [4.78, 5) is 23.3. The maximum atomic E-state index is 13.1. The summed E-state index contributed by atoms with van der Waals surface area (Å²) in [5.41, 5.74) is 5.09. The summed E-state index contributed by atoms with van der Waals surface area (Å²) in [6.45, 7) is 10.6. The zero-order valence-corrected chi connectivity index (χ0v) is 18.1. The van der Waals surface area contributed by atoms with E-state index >= 15 is 0 Å². The molecule has 0 saturated heterocycles. The first-order valence-corrected chi connectivity index (χ1v) is 10.1. The summed E-state index contributed by atoms with van der Waals surface area (Å²) >= 11 is 0. The van der Waals surface area contributed by atoms with E-state index in [1.807, 2.05) is 12.1 Å². The van der Waals surface area contributed by atoms with Gasteiger partial charge in [-0.05, 0) is 87.1 Å². The number of pyridine rings is 1. The van der Waals surface area contributed by atoms with Crippen LogP contribution in [0.3, 0.4) is 0 Å². The van der Waals surface area contributed by atoms with Crippen molar-refractivity contribution >= 4 is 35.6 Å². The molecule has 2 aromatic rings. The molecule has 0 unspecified atom stereocenters. The van der Waals surface area contributed by atoms with Crippen molar-refractivity contribution in [2.24, 2.45) is 4.99 Å². The van der Waals surface area contributed by atoms with Gasteiger partial charge in [0.25, 0.3) is 0 Å². The van der Waals surface area contributed by atoms with Crippen molar-refractivity contribution in [3.8, 4) is 11.8 Å². The molecular weight excluding hydrogens is 376 g/mol. The van der Waals surface area contributed by atoms with Crippen LogP contribution in [0.1, 0.15) is 42.4 Å². The molecule has 1 aliphatic carbocycles. The molecule has 1 fully saturated rings. The molecule has 6 heteroatoms. The molecule has 0 aliphatic heterocycles. The molecule has 0 atom stereocenters. The number of methoxy groups -OCH3 is 1. The Kier molecular flexibility index (Phi) is 6.86. The fraction of sp³-hybridized carbons (Fsp3) is 0.375. The van der Waals surface area contributed by atoms with E-state index in [0.29, 0.717) is 30.7 Å². The Morgan fingerprint density at radius 2 is 2.07 bits per heavy atom. The van der Waals surface area contributed by atoms with Gasteiger partial charge in [0.05, 0.1) is 18.0 Å². The normalized spacial score (nSPS) is 12.7. The number of anilines is 3. The van der Waals surface area contributed by atoms with Crippen LogP contribution < -0.4 is 10.2 Å². The van der Waals surface area contributed by atoms with Crippen molar-refractivity contribution in [2.45, 2.75) is 39.5 Å². The van der Waals surface area contributed by atoms with Gasteiger partial charge in [0.2, 0.25) is 0 Å². The van der Waals surface area contributed by atoms with E-state index in [1.165, 1.54) is 11.1 Å². The first-order chi connectivity index (χ1) is 14.5. The van der Waals surface area contributed by atoms with Gasteiger partial charge in [-0.25, -0.2) is 9.98 Å². The lowest BCUT2D eigenvalue weighted by Crippen LogP contribution is -2.26. The number of rotatable bonds is 8. The molecule has 1 aromatic carbocycles. The van der Waals surface area contributed by atoms with Crippen LogP contribution in [-0.2, 0) is 9.53 Å². The largest absolute Gasteiger partial charge is 0.383 e. The lowest BCUT2D eigenvalue weighted by atomic mass is 9.99. The second-order valence-electron chi connectivity index (χ2n) is 7.40. The molecule has 3 rings (SSSR count). The SMILES string of the molecule is C=Nc1nc(N(C(=O)C#CC)c2cc(C)c(C)cc2C2CC2)ccc1NCCOC. The van der Waals surface area contributed by atoms with Crippen molar-refractivity contribution in [3.63, 3.8) is 0 Å². The molecule has 0 spiro atoms. The number of benzene rings is 1. The summed E-state index contributed by atoms with van der Waals surface area (Å²) in [7, 11) is 1.65. The highest BCUT2D eigenvalue weighted by Crippen LogP contribution is 2.46. The van der Waals surface area contributed by atoms with Crippen molar-refractivity contribution in [1.82, 2.24) is 4.98 Å². The average molecular weight is 405 g/mol. The molecule has 156 valence electrons. The standard InChI is InChI=1S/C24H28N4O2/c1-6-7-23(29)28(21-15-17(3)16(2)14-19(21)18-8-9-18)22-11-10-20(24(25-4)27-22)26-12-13-30-5/h10-11,14-15,18,26H,4,8-9,12-13H2,1-3,5H3. The molecule has 1 aliphatic rings. The summed E-state index contributed by atoms with van der Waals surface area (Å²) in [6, 6.07) is 7.92. The van der Waals surface area contributed by atoms with Crippen LogP contribution in [0.2, 0.25) is 0 Å². The Labute approximate surface area is 178 Å². The highest BCUT2D eigenvalue weighted by atomic mass is 16.5. The maximum absolute atomic E-state index is 13.1. The van der Waals surface area contributed by atoms with Crippen molar-refractivity contribution in [3.05, 3.63) is 41.0 Å². The molecule has 6 nitrogen and oxygen atoms in total. The number of aromatic nitrogens is 1. The third-order valence-electron chi connectivity index (χ3n) is 5.20. The third kappa shape index (κ3) is 4.69. The van der Waals surface area contributed by atoms with E-state index in [0.717, 1.165) is 29.8 Å². The zero-order chi connectivity index (χ0) is 21.7. The van der Waals surface area contributed by atoms with Crippen molar-refractivity contribution in [2.75, 3.05) is 30.5 Å². The summed E-state index contributed by atoms with van der Waals surface area (Å²) < 4.78 is 5.08. The van der Waals surface area contributed by atoms with Gasteiger partial charge in [-0.1, -0.05) is 12.0 Å². The van der Waals surface area contributed by atoms with Gasteiger partial charge in [0, 0.05) is 13.7 Å². The number of hydrogen-bond donors (Lipinski definition) is 1. The molecule has 1 heterocycles. The van der Waals surface area contributed by atoms with E-state index in [2.05, 4.69) is 59.8 Å². The van der Waals surface area contributed by atoms with Gasteiger partial charge in [-0.2, -0.15) is 0 Å². The molecular formula is C24H28N4O2. The minimum Gasteiger partial charge on any atom is -0.383 e. The highest BCUT2D eigenvalue weighted by Gasteiger charge is 2.31. The number of hydrogen-bond acceptors (Lipinski definition) is 5. The van der Waals surface area contributed by atoms with Crippen molar-refractivity contribution in [1.29, 1.82) is 0 Å². The summed E-state index contributed by atoms with van der Waals surface area (Å²) in [6.07, 6.45) is 2.26. The Morgan fingerprint density at radius 1 is 1.33 bits per heavy atom. The minimum atomic E-state index is -0.315. The van der Waals surface area contributed by atoms with Gasteiger partial charge in [-0.15, -0.1) is 0 Å². The quantitative estimate of drug-likeness (QED) is 0.395. The van der Waals surface area contributed by atoms with E-state index in [-0.39, 0.29) is 5.91 Å². The monoisotopic (exact) mass is 404 g/mol. The number of carbonyl (C=O) groups excluding carboxylic acids is 1. The number of carbonyl (C=O) groups is 1. The second-order valence-corrected chi connectivity index (χ2v) is 7.40. The summed E-state index contributed by atoms with van der Waals surface area (Å²) in [5, 5.41) is 3.23. The molecule has 1 saturated carbocycles.